The van der Waals surface area contributed by atoms with E-state index in [4.69, 9.17) is 14.2 Å². The van der Waals surface area contributed by atoms with Gasteiger partial charge in [0.15, 0.2) is 6.10 Å². The molecule has 6 nitrogen and oxygen atoms in total. The highest BCUT2D eigenvalue weighted by molar-refractivity contribution is 5.71. The second-order valence-corrected chi connectivity index (χ2v) is 15.9. The van der Waals surface area contributed by atoms with Crippen LogP contribution in [0.25, 0.3) is 0 Å². The van der Waals surface area contributed by atoms with Gasteiger partial charge in [0.1, 0.15) is 13.2 Å². The normalized spacial score (nSPS) is 12.1. The maximum absolute atomic E-state index is 12.6. The van der Waals surface area contributed by atoms with E-state index in [1.165, 1.54) is 122 Å². The molecule has 0 saturated carbocycles. The van der Waals surface area contributed by atoms with E-state index in [0.29, 0.717) is 19.3 Å². The number of unbranched alkanes of at least 4 members (excludes halogenated alkanes) is 23. The minimum Gasteiger partial charge on any atom is -0.462 e. The Balaban J connectivity index is 4.35. The van der Waals surface area contributed by atoms with E-state index in [0.717, 1.165) is 69.6 Å². The Hall–Kier alpha value is -1.59. The molecule has 6 heteroatoms. The van der Waals surface area contributed by atoms with Gasteiger partial charge in [-0.15, -0.1) is 0 Å². The Bertz CT molecular complexity index is 764. The van der Waals surface area contributed by atoms with Crippen LogP contribution in [0.5, 0.6) is 0 Å². The molecule has 0 rings (SSSR count). The molecule has 0 aromatic rings. The van der Waals surface area contributed by atoms with Crippen LogP contribution in [0.2, 0.25) is 0 Å². The molecule has 0 bridgehead atoms. The molecule has 0 unspecified atom stereocenters. The van der Waals surface area contributed by atoms with E-state index in [2.05, 4.69) is 34.6 Å². The van der Waals surface area contributed by atoms with Crippen molar-refractivity contribution >= 4 is 17.9 Å². The van der Waals surface area contributed by atoms with E-state index in [-0.39, 0.29) is 31.1 Å². The summed E-state index contributed by atoms with van der Waals surface area (Å²) in [4.78, 5) is 37.6. The van der Waals surface area contributed by atoms with Crippen LogP contribution in [-0.2, 0) is 28.6 Å². The second kappa shape index (κ2) is 37.2. The average molecular weight is 709 g/mol. The lowest BCUT2D eigenvalue weighted by atomic mass is 10.0. The molecule has 0 aliphatic rings. The van der Waals surface area contributed by atoms with Crippen molar-refractivity contribution in [2.45, 2.75) is 240 Å². The zero-order valence-electron chi connectivity index (χ0n) is 34.0. The first-order valence-electron chi connectivity index (χ1n) is 21.7. The Kier molecular flexibility index (Phi) is 36.0. The van der Waals surface area contributed by atoms with Gasteiger partial charge in [-0.25, -0.2) is 0 Å². The highest BCUT2D eigenvalue weighted by Crippen LogP contribution is 2.16. The van der Waals surface area contributed by atoms with Crippen molar-refractivity contribution in [1.29, 1.82) is 0 Å². The summed E-state index contributed by atoms with van der Waals surface area (Å²) in [5.74, 6) is 0.709. The predicted octanol–water partition coefficient (Wildman–Crippen LogP) is 13.4. The minimum absolute atomic E-state index is 0.0660. The smallest absolute Gasteiger partial charge is 0.306 e. The SMILES string of the molecule is CCCCCCCCCCCCCC(=O)OC[C@@H](COC(=O)CCCCCCCCCCC(C)C)OC(=O)CCCCCCCCCC(C)C. The van der Waals surface area contributed by atoms with Crippen molar-refractivity contribution in [3.8, 4) is 0 Å². The molecular formula is C44H84O6. The average Bonchev–Trinajstić information content (AvgIpc) is 3.08. The van der Waals surface area contributed by atoms with Crippen LogP contribution in [0.15, 0.2) is 0 Å². The summed E-state index contributed by atoms with van der Waals surface area (Å²) in [6.45, 7) is 11.2. The molecule has 1 atom stereocenters. The van der Waals surface area contributed by atoms with Crippen LogP contribution in [0.4, 0.5) is 0 Å². The predicted molar refractivity (Wildman–Crippen MR) is 210 cm³/mol. The van der Waals surface area contributed by atoms with Crippen LogP contribution in [-0.4, -0.2) is 37.2 Å². The first-order valence-corrected chi connectivity index (χ1v) is 21.7. The van der Waals surface area contributed by atoms with Crippen molar-refractivity contribution in [3.05, 3.63) is 0 Å². The third-order valence-electron chi connectivity index (χ3n) is 9.72. The molecule has 0 aromatic carbocycles. The fraction of sp³-hybridized carbons (Fsp3) is 0.932. The van der Waals surface area contributed by atoms with Gasteiger partial charge in [-0.2, -0.15) is 0 Å². The standard InChI is InChI=1S/C44H84O6/c1-6-7-8-9-10-11-12-13-19-24-29-34-42(45)48-37-41(50-44(47)36-31-26-21-16-18-23-28-33-40(4)5)38-49-43(46)35-30-25-20-15-14-17-22-27-32-39(2)3/h39-41H,6-38H2,1-5H3/t41-/m0/s1. The molecule has 0 N–H and O–H groups in total. The Morgan fingerprint density at radius 1 is 0.380 bits per heavy atom. The van der Waals surface area contributed by atoms with E-state index >= 15 is 0 Å². The lowest BCUT2D eigenvalue weighted by molar-refractivity contribution is -0.167. The van der Waals surface area contributed by atoms with Crippen molar-refractivity contribution in [2.75, 3.05) is 13.2 Å². The number of esters is 3. The molecule has 0 spiro atoms. The van der Waals surface area contributed by atoms with Crippen LogP contribution in [0.3, 0.4) is 0 Å². The van der Waals surface area contributed by atoms with Gasteiger partial charge in [-0.1, -0.05) is 195 Å². The Labute approximate surface area is 310 Å². The second-order valence-electron chi connectivity index (χ2n) is 15.9. The number of ether oxygens (including phenoxy) is 3. The molecule has 296 valence electrons. The summed E-state index contributed by atoms with van der Waals surface area (Å²) in [7, 11) is 0. The largest absolute Gasteiger partial charge is 0.462 e. The molecule has 0 aliphatic heterocycles. The quantitative estimate of drug-likeness (QED) is 0.0361. The molecule has 0 radical (unpaired) electrons. The van der Waals surface area contributed by atoms with Crippen molar-refractivity contribution in [1.82, 2.24) is 0 Å². The first kappa shape index (κ1) is 48.4. The molecule has 50 heavy (non-hydrogen) atoms. The number of carbonyl (C=O) groups excluding carboxylic acids is 3. The Morgan fingerprint density at radius 3 is 0.980 bits per heavy atom. The van der Waals surface area contributed by atoms with Crippen molar-refractivity contribution < 1.29 is 28.6 Å². The van der Waals surface area contributed by atoms with Crippen LogP contribution < -0.4 is 0 Å². The van der Waals surface area contributed by atoms with Crippen molar-refractivity contribution in [3.63, 3.8) is 0 Å². The molecule has 0 amide bonds. The van der Waals surface area contributed by atoms with Gasteiger partial charge in [0.05, 0.1) is 0 Å². The first-order chi connectivity index (χ1) is 24.2. The maximum atomic E-state index is 12.6. The molecule has 0 saturated heterocycles. The fourth-order valence-corrected chi connectivity index (χ4v) is 6.40. The van der Waals surface area contributed by atoms with Gasteiger partial charge in [0, 0.05) is 19.3 Å². The van der Waals surface area contributed by atoms with Gasteiger partial charge in [0.25, 0.3) is 0 Å². The van der Waals surface area contributed by atoms with E-state index in [1.54, 1.807) is 0 Å². The van der Waals surface area contributed by atoms with E-state index in [1.807, 2.05) is 0 Å². The van der Waals surface area contributed by atoms with Crippen molar-refractivity contribution in [2.24, 2.45) is 11.8 Å². The molecule has 0 heterocycles. The molecule has 0 aromatic heterocycles. The van der Waals surface area contributed by atoms with E-state index < -0.39 is 6.10 Å². The fourth-order valence-electron chi connectivity index (χ4n) is 6.40. The highest BCUT2D eigenvalue weighted by Gasteiger charge is 2.19. The lowest BCUT2D eigenvalue weighted by Gasteiger charge is -2.18. The monoisotopic (exact) mass is 709 g/mol. The number of carbonyl (C=O) groups is 3. The minimum atomic E-state index is -0.760. The van der Waals surface area contributed by atoms with Gasteiger partial charge in [-0.3, -0.25) is 14.4 Å². The van der Waals surface area contributed by atoms with E-state index in [9.17, 15) is 14.4 Å². The summed E-state index contributed by atoms with van der Waals surface area (Å²) in [5.41, 5.74) is 0. The maximum Gasteiger partial charge on any atom is 0.306 e. The molecular weight excluding hydrogens is 624 g/mol. The lowest BCUT2D eigenvalue weighted by Crippen LogP contribution is -2.30. The summed E-state index contributed by atoms with van der Waals surface area (Å²) in [6, 6.07) is 0. The van der Waals surface area contributed by atoms with Gasteiger partial charge >= 0.3 is 17.9 Å². The van der Waals surface area contributed by atoms with Crippen LogP contribution in [0, 0.1) is 11.8 Å². The number of hydrogen-bond donors (Lipinski definition) is 0. The third kappa shape index (κ3) is 37.7. The molecule has 0 fully saturated rings. The number of hydrogen-bond acceptors (Lipinski definition) is 6. The third-order valence-corrected chi connectivity index (χ3v) is 9.72. The zero-order chi connectivity index (χ0) is 36.9. The number of rotatable bonds is 38. The van der Waals surface area contributed by atoms with Gasteiger partial charge in [0.2, 0.25) is 0 Å². The van der Waals surface area contributed by atoms with Crippen LogP contribution in [0.1, 0.15) is 234 Å². The van der Waals surface area contributed by atoms with Crippen LogP contribution >= 0.6 is 0 Å². The topological polar surface area (TPSA) is 78.9 Å². The highest BCUT2D eigenvalue weighted by atomic mass is 16.6. The Morgan fingerprint density at radius 2 is 0.660 bits per heavy atom. The van der Waals surface area contributed by atoms with Gasteiger partial charge in [-0.05, 0) is 31.1 Å². The summed E-state index contributed by atoms with van der Waals surface area (Å²) in [5, 5.41) is 0. The van der Waals surface area contributed by atoms with Gasteiger partial charge < -0.3 is 14.2 Å². The summed E-state index contributed by atoms with van der Waals surface area (Å²) >= 11 is 0. The summed E-state index contributed by atoms with van der Waals surface area (Å²) in [6.07, 6.45) is 33.8. The zero-order valence-corrected chi connectivity index (χ0v) is 34.0. The molecule has 0 aliphatic carbocycles. The summed E-state index contributed by atoms with van der Waals surface area (Å²) < 4.78 is 16.7.